The topological polar surface area (TPSA) is 81.8 Å². The molecule has 0 fully saturated rings. The second-order valence-corrected chi connectivity index (χ2v) is 5.66. The number of aromatic nitrogens is 2. The van der Waals surface area contributed by atoms with Gasteiger partial charge in [0.2, 0.25) is 5.95 Å². The summed E-state index contributed by atoms with van der Waals surface area (Å²) in [6.45, 7) is 1.59. The van der Waals surface area contributed by atoms with Crippen LogP contribution in [0.1, 0.15) is 23.7 Å². The number of anilines is 2. The van der Waals surface area contributed by atoms with Gasteiger partial charge in [0.15, 0.2) is 0 Å². The van der Waals surface area contributed by atoms with Gasteiger partial charge in [-0.05, 0) is 55.0 Å². The smallest absolute Gasteiger partial charge is 0.227 e. The highest BCUT2D eigenvalue weighted by Gasteiger charge is 2.27. The van der Waals surface area contributed by atoms with E-state index in [4.69, 9.17) is 5.26 Å². The third-order valence-electron chi connectivity index (χ3n) is 3.83. The minimum Gasteiger partial charge on any atom is -0.379 e. The van der Waals surface area contributed by atoms with Gasteiger partial charge in [0.25, 0.3) is 0 Å². The van der Waals surface area contributed by atoms with E-state index in [1.54, 1.807) is 37.3 Å². The highest BCUT2D eigenvalue weighted by atomic mass is 19.1. The van der Waals surface area contributed by atoms with Crippen molar-refractivity contribution in [2.45, 2.75) is 12.5 Å². The van der Waals surface area contributed by atoms with Crippen LogP contribution in [0.2, 0.25) is 0 Å². The van der Waals surface area contributed by atoms with E-state index in [9.17, 15) is 9.50 Å². The zero-order chi connectivity index (χ0) is 17.9. The molecular formula is C19H15FN4O. The zero-order valence-corrected chi connectivity index (χ0v) is 13.4. The normalized spacial score (nSPS) is 12.9. The lowest BCUT2D eigenvalue weighted by Crippen LogP contribution is -2.24. The Morgan fingerprint density at radius 3 is 2.40 bits per heavy atom. The predicted molar refractivity (Wildman–Crippen MR) is 91.5 cm³/mol. The van der Waals surface area contributed by atoms with E-state index in [2.05, 4.69) is 21.4 Å². The van der Waals surface area contributed by atoms with Crippen LogP contribution in [-0.4, -0.2) is 15.1 Å². The van der Waals surface area contributed by atoms with E-state index in [1.165, 1.54) is 30.5 Å². The molecule has 5 nitrogen and oxygen atoms in total. The van der Waals surface area contributed by atoms with Crippen molar-refractivity contribution in [2.24, 2.45) is 0 Å². The summed E-state index contributed by atoms with van der Waals surface area (Å²) in [5, 5.41) is 22.7. The molecular weight excluding hydrogens is 319 g/mol. The average molecular weight is 334 g/mol. The molecule has 1 unspecified atom stereocenters. The lowest BCUT2D eigenvalue weighted by molar-refractivity contribution is 0.0973. The first-order chi connectivity index (χ1) is 12.0. The Labute approximate surface area is 144 Å². The van der Waals surface area contributed by atoms with Gasteiger partial charge in [-0.3, -0.25) is 0 Å². The Balaban J connectivity index is 1.87. The summed E-state index contributed by atoms with van der Waals surface area (Å²) in [5.41, 5.74) is 0.789. The van der Waals surface area contributed by atoms with E-state index in [0.717, 1.165) is 5.69 Å². The van der Waals surface area contributed by atoms with Crippen molar-refractivity contribution in [1.29, 1.82) is 5.26 Å². The summed E-state index contributed by atoms with van der Waals surface area (Å²) in [7, 11) is 0. The fraction of sp³-hybridized carbons (Fsp3) is 0.105. The Bertz CT molecular complexity index is 915. The number of nitrogens with one attached hydrogen (secondary N) is 1. The summed E-state index contributed by atoms with van der Waals surface area (Å²) in [4.78, 5) is 8.49. The van der Waals surface area contributed by atoms with Crippen LogP contribution >= 0.6 is 0 Å². The van der Waals surface area contributed by atoms with Crippen LogP contribution in [-0.2, 0) is 5.60 Å². The van der Waals surface area contributed by atoms with Gasteiger partial charge in [0, 0.05) is 11.9 Å². The first kappa shape index (κ1) is 16.6. The van der Waals surface area contributed by atoms with Gasteiger partial charge in [-0.1, -0.05) is 12.1 Å². The average Bonchev–Trinajstić information content (AvgIpc) is 2.63. The highest BCUT2D eigenvalue weighted by molar-refractivity contribution is 5.55. The largest absolute Gasteiger partial charge is 0.379 e. The first-order valence-corrected chi connectivity index (χ1v) is 7.58. The fourth-order valence-electron chi connectivity index (χ4n) is 2.37. The number of hydrogen-bond donors (Lipinski definition) is 2. The second-order valence-electron chi connectivity index (χ2n) is 5.66. The van der Waals surface area contributed by atoms with Gasteiger partial charge in [-0.15, -0.1) is 0 Å². The van der Waals surface area contributed by atoms with Crippen molar-refractivity contribution in [1.82, 2.24) is 9.97 Å². The maximum Gasteiger partial charge on any atom is 0.227 e. The molecule has 0 saturated heterocycles. The van der Waals surface area contributed by atoms with Crippen molar-refractivity contribution >= 4 is 11.6 Å². The number of halogens is 1. The molecule has 0 aliphatic carbocycles. The Kier molecular flexibility index (Phi) is 4.42. The molecule has 1 aromatic heterocycles. The summed E-state index contributed by atoms with van der Waals surface area (Å²) >= 11 is 0. The van der Waals surface area contributed by atoms with Crippen LogP contribution in [0.4, 0.5) is 16.0 Å². The number of rotatable bonds is 4. The second kappa shape index (κ2) is 6.67. The summed E-state index contributed by atoms with van der Waals surface area (Å²) in [6, 6.07) is 16.1. The fourth-order valence-corrected chi connectivity index (χ4v) is 2.37. The SMILES string of the molecule is CC(O)(c1ccc(F)cc1)c1ccnc(Nc2ccc(C#N)cc2)n1. The summed E-state index contributed by atoms with van der Waals surface area (Å²) < 4.78 is 13.1. The third-order valence-corrected chi connectivity index (χ3v) is 3.83. The van der Waals surface area contributed by atoms with Crippen LogP contribution in [0.25, 0.3) is 0 Å². The zero-order valence-electron chi connectivity index (χ0n) is 13.4. The van der Waals surface area contributed by atoms with Gasteiger partial charge in [0.05, 0.1) is 17.3 Å². The quantitative estimate of drug-likeness (QED) is 0.763. The number of hydrogen-bond acceptors (Lipinski definition) is 5. The Hall–Kier alpha value is -3.30. The number of benzene rings is 2. The van der Waals surface area contributed by atoms with Crippen LogP contribution in [0.5, 0.6) is 0 Å². The van der Waals surface area contributed by atoms with Crippen LogP contribution in [0, 0.1) is 17.1 Å². The van der Waals surface area contributed by atoms with Crippen molar-refractivity contribution < 1.29 is 9.50 Å². The number of nitrogens with zero attached hydrogens (tertiary/aromatic N) is 3. The molecule has 25 heavy (non-hydrogen) atoms. The lowest BCUT2D eigenvalue weighted by Gasteiger charge is -2.23. The molecule has 0 saturated carbocycles. The molecule has 124 valence electrons. The van der Waals surface area contributed by atoms with Gasteiger partial charge < -0.3 is 10.4 Å². The maximum absolute atomic E-state index is 13.1. The van der Waals surface area contributed by atoms with Gasteiger partial charge in [0.1, 0.15) is 11.4 Å². The molecule has 3 aromatic rings. The Morgan fingerprint density at radius 1 is 1.08 bits per heavy atom. The molecule has 2 aromatic carbocycles. The van der Waals surface area contributed by atoms with Crippen molar-refractivity contribution in [3.8, 4) is 6.07 Å². The maximum atomic E-state index is 13.1. The summed E-state index contributed by atoms with van der Waals surface area (Å²) in [6.07, 6.45) is 1.53. The van der Waals surface area contributed by atoms with Crippen molar-refractivity contribution in [2.75, 3.05) is 5.32 Å². The van der Waals surface area contributed by atoms with E-state index in [-0.39, 0.29) is 5.82 Å². The minimum absolute atomic E-state index is 0.310. The van der Waals surface area contributed by atoms with Crippen LogP contribution in [0.15, 0.2) is 60.8 Å². The lowest BCUT2D eigenvalue weighted by atomic mass is 9.92. The van der Waals surface area contributed by atoms with Crippen molar-refractivity contribution in [3.63, 3.8) is 0 Å². The molecule has 2 N–H and O–H groups in total. The van der Waals surface area contributed by atoms with E-state index in [1.807, 2.05) is 0 Å². The van der Waals surface area contributed by atoms with Gasteiger partial charge >= 0.3 is 0 Å². The third kappa shape index (κ3) is 3.62. The van der Waals surface area contributed by atoms with Crippen LogP contribution < -0.4 is 5.32 Å². The minimum atomic E-state index is -1.39. The molecule has 0 bridgehead atoms. The summed E-state index contributed by atoms with van der Waals surface area (Å²) in [5.74, 6) is -0.0602. The van der Waals surface area contributed by atoms with E-state index >= 15 is 0 Å². The standard InChI is InChI=1S/C19H15FN4O/c1-19(25,14-4-6-15(20)7-5-14)17-10-11-22-18(24-17)23-16-8-2-13(12-21)3-9-16/h2-11,25H,1H3,(H,22,23,24). The predicted octanol–water partition coefficient (Wildman–Crippen LogP) is 3.49. The molecule has 0 aliphatic rings. The molecule has 6 heteroatoms. The highest BCUT2D eigenvalue weighted by Crippen LogP contribution is 2.28. The molecule has 1 heterocycles. The van der Waals surface area contributed by atoms with E-state index in [0.29, 0.717) is 22.8 Å². The molecule has 0 aliphatic heterocycles. The van der Waals surface area contributed by atoms with Crippen molar-refractivity contribution in [3.05, 3.63) is 83.4 Å². The number of aliphatic hydroxyl groups is 1. The molecule has 0 spiro atoms. The van der Waals surface area contributed by atoms with Crippen LogP contribution in [0.3, 0.4) is 0 Å². The first-order valence-electron chi connectivity index (χ1n) is 7.58. The van der Waals surface area contributed by atoms with Gasteiger partial charge in [-0.25, -0.2) is 14.4 Å². The Morgan fingerprint density at radius 2 is 1.76 bits per heavy atom. The molecule has 0 radical (unpaired) electrons. The van der Waals surface area contributed by atoms with E-state index < -0.39 is 5.60 Å². The van der Waals surface area contributed by atoms with Gasteiger partial charge in [-0.2, -0.15) is 5.26 Å². The number of nitriles is 1. The molecule has 3 rings (SSSR count). The monoisotopic (exact) mass is 334 g/mol. The molecule has 1 atom stereocenters. The molecule has 0 amide bonds.